The Hall–Kier alpha value is -2.50. The fraction of sp³-hybridized carbons (Fsp3) is 0.333. The molecular weight excluding hydrogens is 266 g/mol. The van der Waals surface area contributed by atoms with Gasteiger partial charge in [0, 0.05) is 11.6 Å². The predicted octanol–water partition coefficient (Wildman–Crippen LogP) is 1.50. The molecule has 0 spiro atoms. The summed E-state index contributed by atoms with van der Waals surface area (Å²) in [5, 5.41) is 12.3. The summed E-state index contributed by atoms with van der Waals surface area (Å²) < 4.78 is 1.59. The number of fused-ring (bicyclic) bond motifs is 2. The molecule has 2 aromatic rings. The molecule has 6 nitrogen and oxygen atoms in total. The smallest absolute Gasteiger partial charge is 0.261 e. The molecule has 2 atom stereocenters. The molecule has 0 radical (unpaired) electrons. The summed E-state index contributed by atoms with van der Waals surface area (Å²) in [6, 6.07) is 7.58. The molecule has 2 aliphatic rings. The zero-order valence-electron chi connectivity index (χ0n) is 11.4. The highest BCUT2D eigenvalue weighted by atomic mass is 16.2. The van der Waals surface area contributed by atoms with Crippen LogP contribution in [0.5, 0.6) is 0 Å². The monoisotopic (exact) mass is 281 g/mol. The summed E-state index contributed by atoms with van der Waals surface area (Å²) in [4.78, 5) is 12.0. The van der Waals surface area contributed by atoms with Crippen LogP contribution in [0.15, 0.2) is 41.5 Å². The second-order valence-corrected chi connectivity index (χ2v) is 5.51. The minimum Gasteiger partial charge on any atom is -0.271 e. The minimum absolute atomic E-state index is 0.129. The van der Waals surface area contributed by atoms with Crippen molar-refractivity contribution in [2.45, 2.75) is 19.4 Å². The molecule has 21 heavy (non-hydrogen) atoms. The molecule has 4 rings (SSSR count). The van der Waals surface area contributed by atoms with Gasteiger partial charge in [-0.2, -0.15) is 5.10 Å². The molecular formula is C15H15N5O. The largest absolute Gasteiger partial charge is 0.271 e. The maximum Gasteiger partial charge on any atom is 0.261 e. The van der Waals surface area contributed by atoms with Gasteiger partial charge in [0.25, 0.3) is 5.91 Å². The van der Waals surface area contributed by atoms with Crippen LogP contribution >= 0.6 is 0 Å². The highest BCUT2D eigenvalue weighted by Crippen LogP contribution is 2.39. The van der Waals surface area contributed by atoms with E-state index in [0.29, 0.717) is 11.8 Å². The summed E-state index contributed by atoms with van der Waals surface area (Å²) in [6.45, 7) is 0.129. The first kappa shape index (κ1) is 12.3. The summed E-state index contributed by atoms with van der Waals surface area (Å²) >= 11 is 0. The molecule has 0 saturated heterocycles. The number of hydrazone groups is 1. The van der Waals surface area contributed by atoms with Crippen LogP contribution in [0.2, 0.25) is 0 Å². The number of hydrogen-bond acceptors (Lipinski definition) is 4. The number of nitrogens with one attached hydrogen (secondary N) is 1. The Balaban J connectivity index is 1.41. The minimum atomic E-state index is -0.174. The summed E-state index contributed by atoms with van der Waals surface area (Å²) in [7, 11) is 0. The summed E-state index contributed by atoms with van der Waals surface area (Å²) in [6.07, 6.45) is 6.45. The van der Waals surface area contributed by atoms with Gasteiger partial charge in [0.05, 0.1) is 5.52 Å². The van der Waals surface area contributed by atoms with Crippen LogP contribution in [-0.2, 0) is 11.3 Å². The van der Waals surface area contributed by atoms with Crippen LogP contribution in [0.4, 0.5) is 0 Å². The molecule has 6 heteroatoms. The number of aromatic nitrogens is 3. The Labute approximate surface area is 121 Å². The van der Waals surface area contributed by atoms with Crippen LogP contribution in [0.25, 0.3) is 11.0 Å². The van der Waals surface area contributed by atoms with E-state index in [1.165, 1.54) is 0 Å². The number of nitrogens with zero attached hydrogens (tertiary/aromatic N) is 4. The summed E-state index contributed by atoms with van der Waals surface area (Å²) in [5.41, 5.74) is 5.37. The van der Waals surface area contributed by atoms with Crippen LogP contribution in [-0.4, -0.2) is 26.6 Å². The Morgan fingerprint density at radius 2 is 2.33 bits per heavy atom. The van der Waals surface area contributed by atoms with Gasteiger partial charge >= 0.3 is 0 Å². The molecule has 1 heterocycles. The Morgan fingerprint density at radius 3 is 3.24 bits per heavy atom. The number of amides is 1. The van der Waals surface area contributed by atoms with Crippen molar-refractivity contribution in [1.29, 1.82) is 0 Å². The second-order valence-electron chi connectivity index (χ2n) is 5.51. The number of para-hydroxylation sites is 1. The van der Waals surface area contributed by atoms with Crippen LogP contribution in [0.1, 0.15) is 12.8 Å². The highest BCUT2D eigenvalue weighted by Gasteiger charge is 2.37. The van der Waals surface area contributed by atoms with Crippen molar-refractivity contribution in [1.82, 2.24) is 20.4 Å². The van der Waals surface area contributed by atoms with Crippen molar-refractivity contribution >= 4 is 22.7 Å². The lowest BCUT2D eigenvalue weighted by Gasteiger charge is -2.31. The lowest BCUT2D eigenvalue weighted by molar-refractivity contribution is -0.121. The molecule has 1 aromatic heterocycles. The van der Waals surface area contributed by atoms with E-state index in [1.54, 1.807) is 4.68 Å². The average Bonchev–Trinajstić information content (AvgIpc) is 3.04. The predicted molar refractivity (Wildman–Crippen MR) is 78.5 cm³/mol. The van der Waals surface area contributed by atoms with Gasteiger partial charge in [-0.05, 0) is 30.9 Å². The SMILES string of the molecule is O=C(Cn1nnc2ccccc21)N/N=C1/C[C@H]2C=CC[C@@H]12. The number of carbonyl (C=O) groups is 1. The molecule has 0 unspecified atom stereocenters. The standard InChI is InChI=1S/C15H15N5O/c21-15(18-16-13-8-10-4-3-5-11(10)13)9-20-14-7-2-1-6-12(14)17-19-20/h1-4,6-7,10-11H,5,8-9H2,(H,18,21)/b16-13-/t10-,11-/m1/s1. The lowest BCUT2D eigenvalue weighted by atomic mass is 9.74. The van der Waals surface area contributed by atoms with Crippen molar-refractivity contribution in [3.05, 3.63) is 36.4 Å². The molecule has 0 aliphatic heterocycles. The highest BCUT2D eigenvalue weighted by molar-refractivity contribution is 5.94. The average molecular weight is 281 g/mol. The normalized spacial score (nSPS) is 25.0. The van der Waals surface area contributed by atoms with Crippen LogP contribution in [0.3, 0.4) is 0 Å². The van der Waals surface area contributed by atoms with Crippen LogP contribution < -0.4 is 5.43 Å². The Morgan fingerprint density at radius 1 is 1.43 bits per heavy atom. The first-order chi connectivity index (χ1) is 10.3. The van der Waals surface area contributed by atoms with Crippen molar-refractivity contribution in [3.63, 3.8) is 0 Å². The van der Waals surface area contributed by atoms with E-state index in [2.05, 4.69) is 33.0 Å². The molecule has 0 bridgehead atoms. The third-order valence-corrected chi connectivity index (χ3v) is 4.20. The van der Waals surface area contributed by atoms with E-state index in [4.69, 9.17) is 0 Å². The molecule has 1 fully saturated rings. The van der Waals surface area contributed by atoms with Crippen molar-refractivity contribution in [2.75, 3.05) is 0 Å². The van der Waals surface area contributed by atoms with Gasteiger partial charge in [-0.15, -0.1) is 5.10 Å². The number of allylic oxidation sites excluding steroid dienone is 2. The van der Waals surface area contributed by atoms with Gasteiger partial charge in [-0.1, -0.05) is 29.5 Å². The fourth-order valence-electron chi connectivity index (χ4n) is 3.00. The molecule has 1 aromatic carbocycles. The van der Waals surface area contributed by atoms with Gasteiger partial charge in [-0.25, -0.2) is 10.1 Å². The van der Waals surface area contributed by atoms with Gasteiger partial charge in [0.15, 0.2) is 0 Å². The molecule has 1 amide bonds. The van der Waals surface area contributed by atoms with E-state index in [-0.39, 0.29) is 12.5 Å². The van der Waals surface area contributed by atoms with E-state index in [9.17, 15) is 4.79 Å². The third kappa shape index (κ3) is 2.12. The zero-order chi connectivity index (χ0) is 14.2. The van der Waals surface area contributed by atoms with Crippen molar-refractivity contribution in [3.8, 4) is 0 Å². The third-order valence-electron chi connectivity index (χ3n) is 4.20. The van der Waals surface area contributed by atoms with Gasteiger partial charge in [0.1, 0.15) is 12.1 Å². The quantitative estimate of drug-likeness (QED) is 0.684. The first-order valence-corrected chi connectivity index (χ1v) is 7.11. The second kappa shape index (κ2) is 4.80. The maximum absolute atomic E-state index is 12.0. The maximum atomic E-state index is 12.0. The lowest BCUT2D eigenvalue weighted by Crippen LogP contribution is -2.36. The number of hydrogen-bond donors (Lipinski definition) is 1. The summed E-state index contributed by atoms with van der Waals surface area (Å²) in [5.74, 6) is 0.977. The molecule has 2 aliphatic carbocycles. The number of benzene rings is 1. The van der Waals surface area contributed by atoms with Crippen LogP contribution in [0, 0.1) is 11.8 Å². The molecule has 106 valence electrons. The fourth-order valence-corrected chi connectivity index (χ4v) is 3.00. The zero-order valence-corrected chi connectivity index (χ0v) is 11.4. The Kier molecular flexibility index (Phi) is 2.80. The topological polar surface area (TPSA) is 72.2 Å². The van der Waals surface area contributed by atoms with Gasteiger partial charge < -0.3 is 0 Å². The molecule has 1 saturated carbocycles. The van der Waals surface area contributed by atoms with E-state index in [1.807, 2.05) is 24.3 Å². The van der Waals surface area contributed by atoms with Crippen molar-refractivity contribution < 1.29 is 4.79 Å². The van der Waals surface area contributed by atoms with Gasteiger partial charge in [0.2, 0.25) is 0 Å². The van der Waals surface area contributed by atoms with E-state index in [0.717, 1.165) is 29.6 Å². The van der Waals surface area contributed by atoms with Gasteiger partial charge in [-0.3, -0.25) is 4.79 Å². The van der Waals surface area contributed by atoms with E-state index < -0.39 is 0 Å². The van der Waals surface area contributed by atoms with E-state index >= 15 is 0 Å². The van der Waals surface area contributed by atoms with Crippen molar-refractivity contribution in [2.24, 2.45) is 16.9 Å². The number of carbonyl (C=O) groups excluding carboxylic acids is 1. The molecule has 1 N–H and O–H groups in total. The Bertz CT molecular complexity index is 760. The first-order valence-electron chi connectivity index (χ1n) is 7.11. The number of rotatable bonds is 3.